The van der Waals surface area contributed by atoms with E-state index in [4.69, 9.17) is 16.6 Å². The number of nitrogens with zero attached hydrogens (tertiary/aromatic N) is 4. The molecule has 0 fully saturated rings. The highest BCUT2D eigenvalue weighted by Crippen LogP contribution is 2.40. The van der Waals surface area contributed by atoms with Crippen LogP contribution >= 0.6 is 11.9 Å². The monoisotopic (exact) mass is 405 g/mol. The van der Waals surface area contributed by atoms with E-state index in [1.54, 1.807) is 18.3 Å². The third-order valence-corrected chi connectivity index (χ3v) is 5.71. The van der Waals surface area contributed by atoms with Crippen molar-refractivity contribution in [2.45, 2.75) is 16.2 Å². The Kier molecular flexibility index (Phi) is 6.60. The molecule has 3 rings (SSSR count). The molecule has 142 valence electrons. The summed E-state index contributed by atoms with van der Waals surface area (Å²) in [7, 11) is 0. The van der Waals surface area contributed by atoms with Crippen LogP contribution in [-0.4, -0.2) is 43.3 Å². The van der Waals surface area contributed by atoms with Gasteiger partial charge in [-0.25, -0.2) is 4.98 Å². The molecule has 0 saturated carbocycles. The second kappa shape index (κ2) is 9.12. The first kappa shape index (κ1) is 19.5. The molecule has 0 aliphatic carbocycles. The summed E-state index contributed by atoms with van der Waals surface area (Å²) in [4.78, 5) is 5.25. The number of tetrazole rings is 1. The molecular formula is C15H19N9OS2. The predicted molar refractivity (Wildman–Crippen MR) is 105 cm³/mol. The van der Waals surface area contributed by atoms with Crippen molar-refractivity contribution in [3.05, 3.63) is 30.5 Å². The molecule has 1 atom stereocenters. The lowest BCUT2D eigenvalue weighted by atomic mass is 10.0. The molecule has 0 radical (unpaired) electrons. The Bertz CT molecular complexity index is 874. The zero-order valence-electron chi connectivity index (χ0n) is 14.3. The number of rotatable bonds is 8. The summed E-state index contributed by atoms with van der Waals surface area (Å²) >= 11 is -0.489. The molecule has 0 spiro atoms. The predicted octanol–water partition coefficient (Wildman–Crippen LogP) is 0.438. The van der Waals surface area contributed by atoms with Crippen LogP contribution in [0.5, 0.6) is 0 Å². The molecule has 8 N–H and O–H groups in total. The van der Waals surface area contributed by atoms with Crippen molar-refractivity contribution in [3.63, 3.8) is 0 Å². The van der Waals surface area contributed by atoms with Crippen LogP contribution in [0, 0.1) is 0 Å². The quantitative estimate of drug-likeness (QED) is 0.200. The maximum atomic E-state index is 12.7. The third kappa shape index (κ3) is 4.37. The lowest BCUT2D eigenvalue weighted by Crippen LogP contribution is -2.27. The van der Waals surface area contributed by atoms with Gasteiger partial charge in [0, 0.05) is 18.3 Å². The topological polar surface area (TPSA) is 181 Å². The molecule has 10 nitrogen and oxygen atoms in total. The SMILES string of the molecule is NCCCN[S+]([O-])c1ccc(-c2ccc(N)nc2)c(-c2nn[nH]n2)c1SN. The summed E-state index contributed by atoms with van der Waals surface area (Å²) in [6.45, 7) is 1.04. The summed E-state index contributed by atoms with van der Waals surface area (Å²) in [5.41, 5.74) is 13.4. The van der Waals surface area contributed by atoms with Gasteiger partial charge in [0.2, 0.25) is 5.82 Å². The van der Waals surface area contributed by atoms with Gasteiger partial charge in [-0.15, -0.1) is 14.9 Å². The molecule has 0 amide bonds. The van der Waals surface area contributed by atoms with Crippen molar-refractivity contribution in [2.24, 2.45) is 10.9 Å². The van der Waals surface area contributed by atoms with E-state index in [1.165, 1.54) is 0 Å². The fraction of sp³-hybridized carbons (Fsp3) is 0.200. The van der Waals surface area contributed by atoms with Gasteiger partial charge >= 0.3 is 0 Å². The highest BCUT2D eigenvalue weighted by atomic mass is 32.2. The first-order chi connectivity index (χ1) is 13.2. The fourth-order valence-electron chi connectivity index (χ4n) is 2.47. The number of H-pyrrole nitrogens is 1. The smallest absolute Gasteiger partial charge is 0.206 e. The van der Waals surface area contributed by atoms with E-state index in [1.807, 2.05) is 12.1 Å². The molecule has 12 heteroatoms. The van der Waals surface area contributed by atoms with E-state index in [0.29, 0.717) is 46.5 Å². The van der Waals surface area contributed by atoms with E-state index >= 15 is 0 Å². The molecular weight excluding hydrogens is 386 g/mol. The molecule has 2 aromatic heterocycles. The maximum Gasteiger partial charge on any atom is 0.206 e. The number of pyridine rings is 1. The van der Waals surface area contributed by atoms with Crippen molar-refractivity contribution in [2.75, 3.05) is 18.8 Å². The van der Waals surface area contributed by atoms with Gasteiger partial charge < -0.3 is 16.0 Å². The number of nitrogens with one attached hydrogen (secondary N) is 2. The summed E-state index contributed by atoms with van der Waals surface area (Å²) in [6.07, 6.45) is 2.36. The van der Waals surface area contributed by atoms with Crippen molar-refractivity contribution >= 4 is 29.1 Å². The number of benzene rings is 1. The Morgan fingerprint density at radius 1 is 1.26 bits per heavy atom. The van der Waals surface area contributed by atoms with Crippen LogP contribution in [0.3, 0.4) is 0 Å². The number of hydrogen-bond donors (Lipinski definition) is 5. The van der Waals surface area contributed by atoms with Gasteiger partial charge in [-0.3, -0.25) is 5.14 Å². The molecule has 2 heterocycles. The van der Waals surface area contributed by atoms with Crippen LogP contribution in [0.15, 0.2) is 40.3 Å². The second-order valence-electron chi connectivity index (χ2n) is 5.45. The average molecular weight is 406 g/mol. The molecule has 3 aromatic rings. The Balaban J connectivity index is 2.11. The van der Waals surface area contributed by atoms with E-state index in [-0.39, 0.29) is 0 Å². The normalized spacial score (nSPS) is 12.3. The highest BCUT2D eigenvalue weighted by molar-refractivity contribution is 7.98. The Labute approximate surface area is 163 Å². The zero-order chi connectivity index (χ0) is 19.2. The average Bonchev–Trinajstić information content (AvgIpc) is 3.22. The summed E-state index contributed by atoms with van der Waals surface area (Å²) in [6, 6.07) is 7.12. The summed E-state index contributed by atoms with van der Waals surface area (Å²) < 4.78 is 15.7. The van der Waals surface area contributed by atoms with E-state index < -0.39 is 11.4 Å². The number of nitrogen functional groups attached to an aromatic ring is 1. The molecule has 1 unspecified atom stereocenters. The fourth-order valence-corrected chi connectivity index (χ4v) is 4.29. The molecule has 0 aliphatic heterocycles. The van der Waals surface area contributed by atoms with Crippen LogP contribution in [0.25, 0.3) is 22.5 Å². The minimum atomic E-state index is -1.46. The standard InChI is InChI=1S/C15H19N9OS2/c16-6-1-7-20-27(25)11-4-3-10(9-2-5-12(17)19-8-9)13(14(11)26-18)15-21-23-24-22-15/h2-5,8,20H,1,6-7,16,18H2,(H2,17,19)(H,21,22,23,24). The van der Waals surface area contributed by atoms with Gasteiger partial charge in [0.15, 0.2) is 4.90 Å². The van der Waals surface area contributed by atoms with Crippen molar-refractivity contribution < 1.29 is 4.55 Å². The first-order valence-corrected chi connectivity index (χ1v) is 10.0. The van der Waals surface area contributed by atoms with E-state index in [2.05, 4.69) is 30.3 Å². The molecule has 1 aromatic carbocycles. The van der Waals surface area contributed by atoms with Crippen LogP contribution in [-0.2, 0) is 11.4 Å². The number of hydrogen-bond acceptors (Lipinski definition) is 10. The van der Waals surface area contributed by atoms with Crippen LogP contribution < -0.4 is 21.3 Å². The Morgan fingerprint density at radius 3 is 2.74 bits per heavy atom. The molecule has 0 aliphatic rings. The van der Waals surface area contributed by atoms with Crippen LogP contribution in [0.4, 0.5) is 5.82 Å². The second-order valence-corrected chi connectivity index (χ2v) is 7.36. The minimum Gasteiger partial charge on any atom is -0.593 e. The van der Waals surface area contributed by atoms with Gasteiger partial charge in [0.25, 0.3) is 0 Å². The largest absolute Gasteiger partial charge is 0.593 e. The van der Waals surface area contributed by atoms with Gasteiger partial charge in [0.05, 0.1) is 21.8 Å². The van der Waals surface area contributed by atoms with Crippen molar-refractivity contribution in [1.29, 1.82) is 0 Å². The number of nitrogens with two attached hydrogens (primary N) is 3. The minimum absolute atomic E-state index is 0.343. The molecule has 0 bridgehead atoms. The van der Waals surface area contributed by atoms with Crippen LogP contribution in [0.2, 0.25) is 0 Å². The third-order valence-electron chi connectivity index (χ3n) is 3.72. The zero-order valence-corrected chi connectivity index (χ0v) is 15.9. The van der Waals surface area contributed by atoms with Crippen molar-refractivity contribution in [1.82, 2.24) is 30.3 Å². The van der Waals surface area contributed by atoms with Crippen molar-refractivity contribution in [3.8, 4) is 22.5 Å². The summed E-state index contributed by atoms with van der Waals surface area (Å²) in [5, 5.41) is 20.2. The Hall–Kier alpha value is -2.22. The number of aromatic amines is 1. The first-order valence-electron chi connectivity index (χ1n) is 8.00. The van der Waals surface area contributed by atoms with Gasteiger partial charge in [-0.05, 0) is 60.0 Å². The van der Waals surface area contributed by atoms with Crippen LogP contribution in [0.1, 0.15) is 6.42 Å². The number of aromatic nitrogens is 5. The maximum absolute atomic E-state index is 12.7. The molecule has 0 saturated heterocycles. The van der Waals surface area contributed by atoms with E-state index in [0.717, 1.165) is 23.1 Å². The lowest BCUT2D eigenvalue weighted by molar-refractivity contribution is 0.576. The van der Waals surface area contributed by atoms with E-state index in [9.17, 15) is 4.55 Å². The van der Waals surface area contributed by atoms with Gasteiger partial charge in [0.1, 0.15) is 5.82 Å². The van der Waals surface area contributed by atoms with Gasteiger partial charge in [-0.1, -0.05) is 0 Å². The highest BCUT2D eigenvalue weighted by Gasteiger charge is 2.26. The van der Waals surface area contributed by atoms with Gasteiger partial charge in [-0.2, -0.15) is 5.21 Å². The summed E-state index contributed by atoms with van der Waals surface area (Å²) in [5.74, 6) is 0.755. The Morgan fingerprint density at radius 2 is 2.11 bits per heavy atom. The number of anilines is 1. The lowest BCUT2D eigenvalue weighted by Gasteiger charge is -2.17. The molecule has 27 heavy (non-hydrogen) atoms.